The molecule has 144 valence electrons. The second-order valence-corrected chi connectivity index (χ2v) is 7.44. The van der Waals surface area contributed by atoms with Gasteiger partial charge in [-0.1, -0.05) is 12.1 Å². The standard InChI is InChI=1S/C21H32N2O3/c1-2-25-18-7-5-16(6-8-18)3-4-17-11-13-23(14-12-17)21(24)20-10-9-19(15-22)26-20/h5-8,17,19-20H,2-4,9-15,22H2,1H3/t19-,20+/m1/s1. The normalized spacial score (nSPS) is 24.0. The number of ether oxygens (including phenoxy) is 2. The van der Waals surface area contributed by atoms with E-state index in [1.165, 1.54) is 12.0 Å². The summed E-state index contributed by atoms with van der Waals surface area (Å²) in [4.78, 5) is 14.6. The maximum Gasteiger partial charge on any atom is 0.251 e. The van der Waals surface area contributed by atoms with E-state index in [1.807, 2.05) is 11.8 Å². The van der Waals surface area contributed by atoms with Gasteiger partial charge >= 0.3 is 0 Å². The van der Waals surface area contributed by atoms with Crippen LogP contribution in [0.1, 0.15) is 44.6 Å². The Balaban J connectivity index is 1.39. The molecule has 0 spiro atoms. The summed E-state index contributed by atoms with van der Waals surface area (Å²) in [5.41, 5.74) is 7.00. The lowest BCUT2D eigenvalue weighted by molar-refractivity contribution is -0.144. The molecule has 2 N–H and O–H groups in total. The van der Waals surface area contributed by atoms with Crippen LogP contribution >= 0.6 is 0 Å². The van der Waals surface area contributed by atoms with Crippen molar-refractivity contribution in [1.29, 1.82) is 0 Å². The highest BCUT2D eigenvalue weighted by atomic mass is 16.5. The number of rotatable bonds is 7. The molecule has 2 atom stereocenters. The van der Waals surface area contributed by atoms with Crippen molar-refractivity contribution < 1.29 is 14.3 Å². The molecule has 5 heteroatoms. The zero-order valence-corrected chi connectivity index (χ0v) is 15.9. The van der Waals surface area contributed by atoms with E-state index in [-0.39, 0.29) is 18.1 Å². The third-order valence-electron chi connectivity index (χ3n) is 5.65. The van der Waals surface area contributed by atoms with Gasteiger partial charge in [0.2, 0.25) is 0 Å². The first-order valence-corrected chi connectivity index (χ1v) is 10.1. The number of carbonyl (C=O) groups is 1. The molecule has 3 rings (SSSR count). The molecule has 5 nitrogen and oxygen atoms in total. The topological polar surface area (TPSA) is 64.8 Å². The fourth-order valence-corrected chi connectivity index (χ4v) is 4.00. The number of hydrogen-bond donors (Lipinski definition) is 1. The maximum atomic E-state index is 12.6. The van der Waals surface area contributed by atoms with Crippen molar-refractivity contribution in [3.8, 4) is 5.75 Å². The smallest absolute Gasteiger partial charge is 0.251 e. The van der Waals surface area contributed by atoms with E-state index < -0.39 is 0 Å². The summed E-state index contributed by atoms with van der Waals surface area (Å²) in [6.07, 6.45) is 6.00. The third kappa shape index (κ3) is 4.98. The Bertz CT molecular complexity index is 567. The lowest BCUT2D eigenvalue weighted by atomic mass is 9.90. The highest BCUT2D eigenvalue weighted by Crippen LogP contribution is 2.26. The molecule has 1 aromatic rings. The number of likely N-dealkylation sites (tertiary alicyclic amines) is 1. The van der Waals surface area contributed by atoms with Crippen LogP contribution in [0.2, 0.25) is 0 Å². The van der Waals surface area contributed by atoms with E-state index in [2.05, 4.69) is 24.3 Å². The van der Waals surface area contributed by atoms with Gasteiger partial charge in [-0.25, -0.2) is 0 Å². The molecule has 0 aliphatic carbocycles. The number of amides is 1. The molecule has 0 saturated carbocycles. The molecule has 0 bridgehead atoms. The van der Waals surface area contributed by atoms with Crippen LogP contribution in [-0.4, -0.2) is 49.3 Å². The van der Waals surface area contributed by atoms with Crippen molar-refractivity contribution in [2.24, 2.45) is 11.7 Å². The van der Waals surface area contributed by atoms with Crippen molar-refractivity contribution in [2.45, 2.75) is 57.7 Å². The van der Waals surface area contributed by atoms with Crippen LogP contribution in [0.15, 0.2) is 24.3 Å². The molecule has 0 unspecified atom stereocenters. The number of hydrogen-bond acceptors (Lipinski definition) is 4. The number of aryl methyl sites for hydroxylation is 1. The molecule has 1 aromatic carbocycles. The maximum absolute atomic E-state index is 12.6. The van der Waals surface area contributed by atoms with E-state index in [4.69, 9.17) is 15.2 Å². The van der Waals surface area contributed by atoms with Crippen molar-refractivity contribution in [1.82, 2.24) is 4.90 Å². The van der Waals surface area contributed by atoms with E-state index in [1.54, 1.807) is 0 Å². The Labute approximate surface area is 156 Å². The van der Waals surface area contributed by atoms with E-state index in [0.29, 0.717) is 19.1 Å². The molecule has 2 heterocycles. The van der Waals surface area contributed by atoms with Crippen LogP contribution in [0.5, 0.6) is 5.75 Å². The van der Waals surface area contributed by atoms with Gasteiger partial charge in [0.25, 0.3) is 5.91 Å². The van der Waals surface area contributed by atoms with Gasteiger partial charge in [-0.3, -0.25) is 4.79 Å². The summed E-state index contributed by atoms with van der Waals surface area (Å²) >= 11 is 0. The minimum Gasteiger partial charge on any atom is -0.494 e. The van der Waals surface area contributed by atoms with Crippen LogP contribution in [0.4, 0.5) is 0 Å². The minimum atomic E-state index is -0.260. The Kier molecular flexibility index (Phi) is 6.92. The summed E-state index contributed by atoms with van der Waals surface area (Å²) in [7, 11) is 0. The molecule has 0 radical (unpaired) electrons. The van der Waals surface area contributed by atoms with Crippen molar-refractivity contribution in [3.63, 3.8) is 0 Å². The third-order valence-corrected chi connectivity index (χ3v) is 5.65. The zero-order chi connectivity index (χ0) is 18.4. The van der Waals surface area contributed by atoms with E-state index >= 15 is 0 Å². The Hall–Kier alpha value is -1.59. The number of carbonyl (C=O) groups excluding carboxylic acids is 1. The van der Waals surface area contributed by atoms with Crippen LogP contribution < -0.4 is 10.5 Å². The first-order valence-electron chi connectivity index (χ1n) is 10.1. The fraction of sp³-hybridized carbons (Fsp3) is 0.667. The predicted molar refractivity (Wildman–Crippen MR) is 102 cm³/mol. The van der Waals surface area contributed by atoms with Gasteiger partial charge in [0.1, 0.15) is 11.9 Å². The number of piperidine rings is 1. The zero-order valence-electron chi connectivity index (χ0n) is 15.9. The monoisotopic (exact) mass is 360 g/mol. The second-order valence-electron chi connectivity index (χ2n) is 7.44. The highest BCUT2D eigenvalue weighted by Gasteiger charge is 2.34. The average molecular weight is 360 g/mol. The van der Waals surface area contributed by atoms with Crippen LogP contribution in [-0.2, 0) is 16.0 Å². The predicted octanol–water partition coefficient (Wildman–Crippen LogP) is 2.76. The Morgan fingerprint density at radius 2 is 1.92 bits per heavy atom. The minimum absolute atomic E-state index is 0.0654. The molecular weight excluding hydrogens is 328 g/mol. The fourth-order valence-electron chi connectivity index (χ4n) is 4.00. The van der Waals surface area contributed by atoms with Gasteiger partial charge in [-0.15, -0.1) is 0 Å². The molecule has 1 amide bonds. The van der Waals surface area contributed by atoms with E-state index in [0.717, 1.165) is 50.9 Å². The van der Waals surface area contributed by atoms with E-state index in [9.17, 15) is 4.79 Å². The van der Waals surface area contributed by atoms with Gasteiger partial charge in [-0.2, -0.15) is 0 Å². The van der Waals surface area contributed by atoms with Gasteiger partial charge < -0.3 is 20.1 Å². The SMILES string of the molecule is CCOc1ccc(CCC2CCN(C(=O)[C@@H]3CC[C@H](CN)O3)CC2)cc1. The van der Waals surface area contributed by atoms with Gasteiger partial charge in [0, 0.05) is 19.6 Å². The van der Waals surface area contributed by atoms with Crippen LogP contribution in [0.25, 0.3) is 0 Å². The first kappa shape index (κ1) is 19.2. The molecule has 2 aliphatic rings. The highest BCUT2D eigenvalue weighted by molar-refractivity contribution is 5.81. The Morgan fingerprint density at radius 3 is 2.54 bits per heavy atom. The van der Waals surface area contributed by atoms with Crippen molar-refractivity contribution in [2.75, 3.05) is 26.2 Å². The van der Waals surface area contributed by atoms with Crippen molar-refractivity contribution in [3.05, 3.63) is 29.8 Å². The number of nitrogens with two attached hydrogens (primary N) is 1. The number of nitrogens with zero attached hydrogens (tertiary/aromatic N) is 1. The van der Waals surface area contributed by atoms with Crippen molar-refractivity contribution >= 4 is 5.91 Å². The lowest BCUT2D eigenvalue weighted by Gasteiger charge is -2.33. The largest absolute Gasteiger partial charge is 0.494 e. The summed E-state index contributed by atoms with van der Waals surface area (Å²) in [5.74, 6) is 1.81. The summed E-state index contributed by atoms with van der Waals surface area (Å²) in [5, 5.41) is 0. The van der Waals surface area contributed by atoms with Gasteiger partial charge in [0.15, 0.2) is 0 Å². The molecular formula is C21H32N2O3. The Morgan fingerprint density at radius 1 is 1.19 bits per heavy atom. The van der Waals surface area contributed by atoms with Crippen LogP contribution in [0, 0.1) is 5.92 Å². The molecule has 26 heavy (non-hydrogen) atoms. The second kappa shape index (κ2) is 9.38. The van der Waals surface area contributed by atoms with Crippen LogP contribution in [0.3, 0.4) is 0 Å². The quantitative estimate of drug-likeness (QED) is 0.812. The summed E-state index contributed by atoms with van der Waals surface area (Å²) < 4.78 is 11.2. The average Bonchev–Trinajstić information content (AvgIpc) is 3.17. The molecule has 2 fully saturated rings. The molecule has 2 aliphatic heterocycles. The molecule has 2 saturated heterocycles. The van der Waals surface area contributed by atoms with Gasteiger partial charge in [-0.05, 0) is 69.1 Å². The first-order chi connectivity index (χ1) is 12.7. The summed E-state index contributed by atoms with van der Waals surface area (Å²) in [6.45, 7) is 4.94. The van der Waals surface area contributed by atoms with Gasteiger partial charge in [0.05, 0.1) is 12.7 Å². The summed E-state index contributed by atoms with van der Waals surface area (Å²) in [6, 6.07) is 8.43. The lowest BCUT2D eigenvalue weighted by Crippen LogP contribution is -2.44. The molecule has 0 aromatic heterocycles. The number of benzene rings is 1.